The number of guanidine groups is 1. The van der Waals surface area contributed by atoms with E-state index in [4.69, 9.17) is 22.9 Å². The van der Waals surface area contributed by atoms with Crippen LogP contribution in [0.25, 0.3) is 0 Å². The van der Waals surface area contributed by atoms with Crippen LogP contribution in [0.3, 0.4) is 0 Å². The van der Waals surface area contributed by atoms with E-state index in [2.05, 4.69) is 20.9 Å². The van der Waals surface area contributed by atoms with E-state index < -0.39 is 53.8 Å². The van der Waals surface area contributed by atoms with E-state index in [9.17, 15) is 29.1 Å². The monoisotopic (exact) mass is 486 g/mol. The molecule has 14 nitrogen and oxygen atoms in total. The number of hydrogen-bond acceptors (Lipinski definition) is 7. The zero-order valence-electron chi connectivity index (χ0n) is 19.9. The van der Waals surface area contributed by atoms with E-state index in [1.807, 2.05) is 6.92 Å². The SMILES string of the molecule is CCC(C)C(NC(=O)C(C)N)C(=O)NC(CCC(N)=O)C(=O)NC(CCCN=C(N)N)C(=O)O. The number of carbonyl (C=O) groups excluding carboxylic acids is 4. The highest BCUT2D eigenvalue weighted by Crippen LogP contribution is 2.10. The third kappa shape index (κ3) is 12.0. The molecule has 0 rings (SSSR count). The first-order chi connectivity index (χ1) is 15.8. The zero-order chi connectivity index (χ0) is 26.4. The summed E-state index contributed by atoms with van der Waals surface area (Å²) < 4.78 is 0. The second-order valence-electron chi connectivity index (χ2n) is 8.07. The Bertz CT molecular complexity index is 753. The number of aliphatic carboxylic acids is 1. The Morgan fingerprint density at radius 2 is 1.47 bits per heavy atom. The molecule has 12 N–H and O–H groups in total. The van der Waals surface area contributed by atoms with Crippen molar-refractivity contribution in [3.63, 3.8) is 0 Å². The van der Waals surface area contributed by atoms with Crippen molar-refractivity contribution in [3.8, 4) is 0 Å². The van der Waals surface area contributed by atoms with E-state index in [0.717, 1.165) is 0 Å². The van der Waals surface area contributed by atoms with Crippen LogP contribution in [0.15, 0.2) is 4.99 Å². The molecule has 0 spiro atoms. The van der Waals surface area contributed by atoms with Crippen molar-refractivity contribution >= 4 is 35.6 Å². The summed E-state index contributed by atoms with van der Waals surface area (Å²) >= 11 is 0. The molecular formula is C20H38N8O6. The fourth-order valence-electron chi connectivity index (χ4n) is 2.84. The minimum absolute atomic E-state index is 0.0221. The molecule has 0 aliphatic heterocycles. The lowest BCUT2D eigenvalue weighted by atomic mass is 9.97. The van der Waals surface area contributed by atoms with Gasteiger partial charge >= 0.3 is 5.97 Å². The van der Waals surface area contributed by atoms with Gasteiger partial charge in [-0.2, -0.15) is 0 Å². The third-order valence-corrected chi connectivity index (χ3v) is 5.08. The normalized spacial score (nSPS) is 15.1. The number of primary amides is 1. The number of hydrogen-bond donors (Lipinski definition) is 8. The molecule has 14 heteroatoms. The minimum atomic E-state index is -1.29. The zero-order valence-corrected chi connectivity index (χ0v) is 19.9. The van der Waals surface area contributed by atoms with Crippen LogP contribution < -0.4 is 38.9 Å². The second-order valence-corrected chi connectivity index (χ2v) is 8.07. The molecule has 0 radical (unpaired) electrons. The molecular weight excluding hydrogens is 448 g/mol. The fourth-order valence-corrected chi connectivity index (χ4v) is 2.84. The van der Waals surface area contributed by atoms with Gasteiger partial charge in [0.05, 0.1) is 6.04 Å². The van der Waals surface area contributed by atoms with Crippen LogP contribution in [0, 0.1) is 5.92 Å². The van der Waals surface area contributed by atoms with Gasteiger partial charge < -0.3 is 44.0 Å². The maximum atomic E-state index is 12.9. The highest BCUT2D eigenvalue weighted by atomic mass is 16.4. The lowest BCUT2D eigenvalue weighted by molar-refractivity contribution is -0.142. The molecule has 0 bridgehead atoms. The number of carboxylic acid groups (broad SMARTS) is 1. The average Bonchev–Trinajstić information content (AvgIpc) is 2.75. The molecule has 0 aromatic heterocycles. The predicted molar refractivity (Wildman–Crippen MR) is 125 cm³/mol. The quantitative estimate of drug-likeness (QED) is 0.0637. The lowest BCUT2D eigenvalue weighted by Crippen LogP contribution is -2.58. The summed E-state index contributed by atoms with van der Waals surface area (Å²) in [5, 5.41) is 16.8. The van der Waals surface area contributed by atoms with Gasteiger partial charge in [0, 0.05) is 13.0 Å². The second kappa shape index (κ2) is 15.4. The lowest BCUT2D eigenvalue weighted by Gasteiger charge is -2.27. The standard InChI is InChI=1S/C20H38N8O6/c1-4-10(2)15(28-16(30)11(3)21)18(32)26-12(7-8-14(22)29)17(31)27-13(19(33)34)6-5-9-25-20(23)24/h10-13,15H,4-9,21H2,1-3H3,(H2,22,29)(H,26,32)(H,27,31)(H,28,30)(H,33,34)(H4,23,24,25). The Balaban J connectivity index is 5.50. The summed E-state index contributed by atoms with van der Waals surface area (Å²) in [5.41, 5.74) is 21.2. The third-order valence-electron chi connectivity index (χ3n) is 5.08. The molecule has 0 saturated carbocycles. The van der Waals surface area contributed by atoms with Crippen LogP contribution in [0.5, 0.6) is 0 Å². The molecule has 0 fully saturated rings. The number of carboxylic acids is 1. The van der Waals surface area contributed by atoms with Crippen LogP contribution in [0.2, 0.25) is 0 Å². The van der Waals surface area contributed by atoms with Crippen LogP contribution >= 0.6 is 0 Å². The van der Waals surface area contributed by atoms with Crippen molar-refractivity contribution in [2.45, 2.75) is 77.0 Å². The first kappa shape index (κ1) is 30.6. The number of aliphatic imine (C=N–C) groups is 1. The maximum Gasteiger partial charge on any atom is 0.326 e. The number of nitrogens with zero attached hydrogens (tertiary/aromatic N) is 1. The van der Waals surface area contributed by atoms with E-state index >= 15 is 0 Å². The van der Waals surface area contributed by atoms with Gasteiger partial charge in [0.1, 0.15) is 18.1 Å². The summed E-state index contributed by atoms with van der Waals surface area (Å²) in [6, 6.07) is -4.40. The van der Waals surface area contributed by atoms with Crippen molar-refractivity contribution < 1.29 is 29.1 Å². The van der Waals surface area contributed by atoms with Crippen LogP contribution in [-0.4, -0.2) is 71.4 Å². The number of nitrogens with one attached hydrogen (secondary N) is 3. The van der Waals surface area contributed by atoms with Crippen molar-refractivity contribution in [2.24, 2.45) is 33.8 Å². The van der Waals surface area contributed by atoms with Crippen LogP contribution in [0.4, 0.5) is 0 Å². The predicted octanol–water partition coefficient (Wildman–Crippen LogP) is -2.76. The first-order valence-corrected chi connectivity index (χ1v) is 11.0. The maximum absolute atomic E-state index is 12.9. The van der Waals surface area contributed by atoms with E-state index in [0.29, 0.717) is 6.42 Å². The number of nitrogens with two attached hydrogens (primary N) is 4. The molecule has 0 aromatic carbocycles. The van der Waals surface area contributed by atoms with Gasteiger partial charge in [0.25, 0.3) is 0 Å². The smallest absolute Gasteiger partial charge is 0.326 e. The van der Waals surface area contributed by atoms with Gasteiger partial charge in [-0.1, -0.05) is 20.3 Å². The van der Waals surface area contributed by atoms with Gasteiger partial charge in [-0.3, -0.25) is 24.2 Å². The van der Waals surface area contributed by atoms with Crippen molar-refractivity contribution in [2.75, 3.05) is 6.54 Å². The number of amides is 4. The Hall–Kier alpha value is -3.42. The fraction of sp³-hybridized carbons (Fsp3) is 0.700. The Morgan fingerprint density at radius 3 is 1.94 bits per heavy atom. The Morgan fingerprint density at radius 1 is 0.882 bits per heavy atom. The van der Waals surface area contributed by atoms with E-state index in [1.54, 1.807) is 6.92 Å². The minimum Gasteiger partial charge on any atom is -0.480 e. The number of carbonyl (C=O) groups is 5. The molecule has 4 amide bonds. The summed E-state index contributed by atoms with van der Waals surface area (Å²) in [5.74, 6) is -4.48. The Kier molecular flexibility index (Phi) is 13.9. The molecule has 5 unspecified atom stereocenters. The Labute approximate surface area is 198 Å². The number of rotatable bonds is 16. The topological polar surface area (TPSA) is 258 Å². The molecule has 0 aromatic rings. The van der Waals surface area contributed by atoms with Crippen molar-refractivity contribution in [1.29, 1.82) is 0 Å². The van der Waals surface area contributed by atoms with Gasteiger partial charge in [0.2, 0.25) is 23.6 Å². The molecule has 0 saturated heterocycles. The van der Waals surface area contributed by atoms with Crippen molar-refractivity contribution in [1.82, 2.24) is 16.0 Å². The van der Waals surface area contributed by atoms with Gasteiger partial charge in [-0.25, -0.2) is 4.79 Å². The molecule has 0 aliphatic carbocycles. The summed E-state index contributed by atoms with van der Waals surface area (Å²) in [7, 11) is 0. The first-order valence-electron chi connectivity index (χ1n) is 11.0. The van der Waals surface area contributed by atoms with Crippen LogP contribution in [0.1, 0.15) is 52.9 Å². The molecule has 194 valence electrons. The van der Waals surface area contributed by atoms with Crippen molar-refractivity contribution in [3.05, 3.63) is 0 Å². The molecule has 0 heterocycles. The summed E-state index contributed by atoms with van der Waals surface area (Å²) in [4.78, 5) is 64.4. The van der Waals surface area contributed by atoms with Crippen LogP contribution in [-0.2, 0) is 24.0 Å². The molecule has 34 heavy (non-hydrogen) atoms. The van der Waals surface area contributed by atoms with E-state index in [1.165, 1.54) is 6.92 Å². The highest BCUT2D eigenvalue weighted by molar-refractivity contribution is 5.94. The average molecular weight is 487 g/mol. The summed E-state index contributed by atoms with van der Waals surface area (Å²) in [6.45, 7) is 5.18. The van der Waals surface area contributed by atoms with Gasteiger partial charge in [-0.15, -0.1) is 0 Å². The van der Waals surface area contributed by atoms with E-state index in [-0.39, 0.29) is 44.1 Å². The van der Waals surface area contributed by atoms with Gasteiger partial charge in [-0.05, 0) is 32.1 Å². The highest BCUT2D eigenvalue weighted by Gasteiger charge is 2.32. The molecule has 0 aliphatic rings. The van der Waals surface area contributed by atoms with Gasteiger partial charge in [0.15, 0.2) is 5.96 Å². The molecule has 5 atom stereocenters. The summed E-state index contributed by atoms with van der Waals surface area (Å²) in [6.07, 6.45) is 0.427. The largest absolute Gasteiger partial charge is 0.480 e.